The van der Waals surface area contributed by atoms with Crippen molar-refractivity contribution in [1.29, 1.82) is 0 Å². The van der Waals surface area contributed by atoms with E-state index in [4.69, 9.17) is 4.42 Å². The molecule has 0 radical (unpaired) electrons. The average molecular weight is 505 g/mol. The summed E-state index contributed by atoms with van der Waals surface area (Å²) < 4.78 is 5.51. The fourth-order valence-electron chi connectivity index (χ4n) is 5.63. The second-order valence-corrected chi connectivity index (χ2v) is 10.2. The number of nitrogens with zero attached hydrogens (tertiary/aromatic N) is 2. The minimum Gasteiger partial charge on any atom is -0.481 e. The van der Waals surface area contributed by atoms with Crippen LogP contribution in [0.3, 0.4) is 0 Å². The van der Waals surface area contributed by atoms with Crippen molar-refractivity contribution >= 4 is 22.8 Å². The van der Waals surface area contributed by atoms with Crippen LogP contribution in [0.5, 0.6) is 0 Å². The molecule has 1 amide bonds. The normalized spacial score (nSPS) is 19.9. The maximum Gasteiger partial charge on any atom is 0.309 e. The Morgan fingerprint density at radius 1 is 0.973 bits per heavy atom. The standard InChI is InChI=1S/C31H40N2O4/c1-4-7-16-32(17-8-5-2)28(34)21-33-20-26(24-13-14-27-25(19-24)15-18-37-27)29(31(35)36)30(33)23-11-9-22(6-3)10-12-23/h9-15,18-19,26,29-30H,4-8,16-17,20-21H2,1-3H3,(H,35,36). The van der Waals surface area contributed by atoms with Crippen molar-refractivity contribution in [2.45, 2.75) is 64.8 Å². The van der Waals surface area contributed by atoms with E-state index in [9.17, 15) is 14.7 Å². The Balaban J connectivity index is 1.69. The number of carbonyl (C=O) groups is 2. The first kappa shape index (κ1) is 26.9. The first-order chi connectivity index (χ1) is 18.0. The maximum atomic E-state index is 13.6. The maximum absolute atomic E-state index is 13.6. The molecule has 0 aliphatic carbocycles. The molecule has 1 saturated heterocycles. The Morgan fingerprint density at radius 3 is 2.27 bits per heavy atom. The molecule has 0 spiro atoms. The Bertz CT molecular complexity index is 1180. The third-order valence-electron chi connectivity index (χ3n) is 7.77. The van der Waals surface area contributed by atoms with Crippen LogP contribution in [-0.4, -0.2) is 53.0 Å². The van der Waals surface area contributed by atoms with Gasteiger partial charge in [0, 0.05) is 37.0 Å². The molecule has 1 aromatic heterocycles. The number of furan rings is 1. The quantitative estimate of drug-likeness (QED) is 0.315. The molecular formula is C31H40N2O4. The van der Waals surface area contributed by atoms with E-state index < -0.39 is 11.9 Å². The first-order valence-electron chi connectivity index (χ1n) is 13.8. The number of hydrogen-bond donors (Lipinski definition) is 1. The molecule has 1 aliphatic rings. The molecule has 2 aromatic carbocycles. The Hall–Kier alpha value is -3.12. The average Bonchev–Trinajstić information content (AvgIpc) is 3.53. The van der Waals surface area contributed by atoms with Gasteiger partial charge in [0.25, 0.3) is 0 Å². The molecule has 0 saturated carbocycles. The smallest absolute Gasteiger partial charge is 0.309 e. The van der Waals surface area contributed by atoms with Crippen LogP contribution in [0.4, 0.5) is 0 Å². The molecule has 3 atom stereocenters. The third kappa shape index (κ3) is 6.07. The minimum absolute atomic E-state index is 0.0900. The van der Waals surface area contributed by atoms with E-state index in [1.54, 1.807) is 6.26 Å². The number of benzene rings is 2. The molecule has 1 fully saturated rings. The van der Waals surface area contributed by atoms with Gasteiger partial charge in [0.2, 0.25) is 5.91 Å². The number of carboxylic acid groups (broad SMARTS) is 1. The first-order valence-corrected chi connectivity index (χ1v) is 13.8. The van der Waals surface area contributed by atoms with Crippen LogP contribution in [0, 0.1) is 5.92 Å². The van der Waals surface area contributed by atoms with Gasteiger partial charge in [-0.2, -0.15) is 0 Å². The molecule has 198 valence electrons. The fraction of sp³-hybridized carbons (Fsp3) is 0.484. The number of amides is 1. The summed E-state index contributed by atoms with van der Waals surface area (Å²) in [5.41, 5.74) is 3.93. The van der Waals surface area contributed by atoms with Gasteiger partial charge < -0.3 is 14.4 Å². The highest BCUT2D eigenvalue weighted by Crippen LogP contribution is 2.46. The Kier molecular flexibility index (Phi) is 9.04. The molecule has 1 N–H and O–H groups in total. The molecule has 1 aliphatic heterocycles. The number of aliphatic carboxylic acids is 1. The molecule has 2 heterocycles. The monoisotopic (exact) mass is 504 g/mol. The molecule has 4 rings (SSSR count). The van der Waals surface area contributed by atoms with Crippen LogP contribution < -0.4 is 0 Å². The topological polar surface area (TPSA) is 74.0 Å². The van der Waals surface area contributed by atoms with Crippen LogP contribution in [0.25, 0.3) is 11.0 Å². The minimum atomic E-state index is -0.828. The summed E-state index contributed by atoms with van der Waals surface area (Å²) >= 11 is 0. The molecule has 37 heavy (non-hydrogen) atoms. The van der Waals surface area contributed by atoms with Gasteiger partial charge >= 0.3 is 5.97 Å². The lowest BCUT2D eigenvalue weighted by Crippen LogP contribution is -2.42. The van der Waals surface area contributed by atoms with Crippen molar-refractivity contribution < 1.29 is 19.1 Å². The molecule has 6 nitrogen and oxygen atoms in total. The van der Waals surface area contributed by atoms with E-state index >= 15 is 0 Å². The van der Waals surface area contributed by atoms with Gasteiger partial charge in [0.1, 0.15) is 5.58 Å². The van der Waals surface area contributed by atoms with Gasteiger partial charge in [-0.1, -0.05) is 63.9 Å². The van der Waals surface area contributed by atoms with E-state index in [0.29, 0.717) is 6.54 Å². The summed E-state index contributed by atoms with van der Waals surface area (Å²) in [5, 5.41) is 11.5. The van der Waals surface area contributed by atoms with E-state index in [0.717, 1.165) is 67.3 Å². The van der Waals surface area contributed by atoms with Gasteiger partial charge in [0.05, 0.1) is 18.7 Å². The van der Waals surface area contributed by atoms with Crippen molar-refractivity contribution in [2.24, 2.45) is 5.92 Å². The summed E-state index contributed by atoms with van der Waals surface area (Å²) in [4.78, 5) is 30.5. The zero-order valence-electron chi connectivity index (χ0n) is 22.4. The largest absolute Gasteiger partial charge is 0.481 e. The van der Waals surface area contributed by atoms with Gasteiger partial charge in [-0.05, 0) is 54.2 Å². The number of carbonyl (C=O) groups excluding carboxylic acids is 1. The van der Waals surface area contributed by atoms with E-state index in [2.05, 4.69) is 37.8 Å². The highest BCUT2D eigenvalue weighted by atomic mass is 16.4. The van der Waals surface area contributed by atoms with E-state index in [-0.39, 0.29) is 24.4 Å². The Morgan fingerprint density at radius 2 is 1.65 bits per heavy atom. The number of rotatable bonds is 12. The molecule has 3 unspecified atom stereocenters. The predicted octanol–water partition coefficient (Wildman–Crippen LogP) is 6.27. The van der Waals surface area contributed by atoms with Crippen LogP contribution in [-0.2, 0) is 16.0 Å². The van der Waals surface area contributed by atoms with Crippen molar-refractivity contribution in [3.8, 4) is 0 Å². The number of carboxylic acids is 1. The van der Waals surface area contributed by atoms with Gasteiger partial charge in [-0.3, -0.25) is 14.5 Å². The third-order valence-corrected chi connectivity index (χ3v) is 7.77. The van der Waals surface area contributed by atoms with Crippen LogP contribution in [0.2, 0.25) is 0 Å². The predicted molar refractivity (Wildman–Crippen MR) is 147 cm³/mol. The number of likely N-dealkylation sites (tertiary alicyclic amines) is 1. The van der Waals surface area contributed by atoms with Crippen LogP contribution >= 0.6 is 0 Å². The number of fused-ring (bicyclic) bond motifs is 1. The number of hydrogen-bond acceptors (Lipinski definition) is 4. The van der Waals surface area contributed by atoms with Crippen molar-refractivity contribution in [2.75, 3.05) is 26.2 Å². The highest BCUT2D eigenvalue weighted by Gasteiger charge is 2.48. The number of unbranched alkanes of at least 4 members (excludes halogenated alkanes) is 2. The summed E-state index contributed by atoms with van der Waals surface area (Å²) in [5.74, 6) is -1.64. The van der Waals surface area contributed by atoms with Crippen molar-refractivity contribution in [3.05, 3.63) is 71.5 Å². The fourth-order valence-corrected chi connectivity index (χ4v) is 5.63. The summed E-state index contributed by atoms with van der Waals surface area (Å²) in [6.45, 7) is 8.63. The van der Waals surface area contributed by atoms with Crippen LogP contribution in [0.15, 0.2) is 59.2 Å². The van der Waals surface area contributed by atoms with Gasteiger partial charge in [-0.15, -0.1) is 0 Å². The summed E-state index contributed by atoms with van der Waals surface area (Å²) in [6, 6.07) is 15.7. The number of aryl methyl sites for hydroxylation is 1. The van der Waals surface area contributed by atoms with Gasteiger partial charge in [0.15, 0.2) is 0 Å². The lowest BCUT2D eigenvalue weighted by Gasteiger charge is -2.30. The Labute approximate surface area is 220 Å². The summed E-state index contributed by atoms with van der Waals surface area (Å²) in [7, 11) is 0. The van der Waals surface area contributed by atoms with Crippen molar-refractivity contribution in [3.63, 3.8) is 0 Å². The van der Waals surface area contributed by atoms with Gasteiger partial charge in [-0.25, -0.2) is 0 Å². The molecule has 3 aromatic rings. The second kappa shape index (κ2) is 12.4. The molecule has 6 heteroatoms. The lowest BCUT2D eigenvalue weighted by molar-refractivity contribution is -0.144. The zero-order valence-corrected chi connectivity index (χ0v) is 22.4. The molecule has 0 bridgehead atoms. The second-order valence-electron chi connectivity index (χ2n) is 10.2. The summed E-state index contributed by atoms with van der Waals surface area (Å²) in [6.07, 6.45) is 6.59. The zero-order chi connectivity index (χ0) is 26.4. The van der Waals surface area contributed by atoms with Crippen molar-refractivity contribution in [1.82, 2.24) is 9.80 Å². The van der Waals surface area contributed by atoms with E-state index in [1.807, 2.05) is 41.3 Å². The SMILES string of the molecule is CCCCN(CCCC)C(=O)CN1CC(c2ccc3occc3c2)C(C(=O)O)C1c1ccc(CC)cc1. The lowest BCUT2D eigenvalue weighted by atomic mass is 9.82. The highest BCUT2D eigenvalue weighted by molar-refractivity contribution is 5.80. The van der Waals surface area contributed by atoms with Crippen LogP contribution in [0.1, 0.15) is 75.1 Å². The van der Waals surface area contributed by atoms with E-state index in [1.165, 1.54) is 5.56 Å². The molecular weight excluding hydrogens is 464 g/mol.